The van der Waals surface area contributed by atoms with Crippen molar-refractivity contribution in [3.05, 3.63) is 0 Å². The first kappa shape index (κ1) is 14.3. The SMILES string of the molecule is O=C(O)CC1CS(=O)(=O)CCN1C(=O)[C@H]1CCCO1. The maximum absolute atomic E-state index is 12.2. The highest BCUT2D eigenvalue weighted by molar-refractivity contribution is 7.91. The van der Waals surface area contributed by atoms with Gasteiger partial charge in [0, 0.05) is 13.2 Å². The molecule has 0 aromatic heterocycles. The lowest BCUT2D eigenvalue weighted by Crippen LogP contribution is -2.54. The molecule has 19 heavy (non-hydrogen) atoms. The van der Waals surface area contributed by atoms with E-state index in [9.17, 15) is 18.0 Å². The number of carbonyl (C=O) groups is 2. The average Bonchev–Trinajstić information content (AvgIpc) is 2.79. The number of hydrogen-bond acceptors (Lipinski definition) is 5. The second-order valence-corrected chi connectivity index (χ2v) is 7.13. The van der Waals surface area contributed by atoms with E-state index in [1.165, 1.54) is 4.90 Å². The molecule has 108 valence electrons. The first-order chi connectivity index (χ1) is 8.89. The Hall–Kier alpha value is -1.15. The molecule has 2 aliphatic rings. The van der Waals surface area contributed by atoms with Crippen LogP contribution in [0.1, 0.15) is 19.3 Å². The minimum Gasteiger partial charge on any atom is -0.481 e. The normalized spacial score (nSPS) is 30.2. The lowest BCUT2D eigenvalue weighted by atomic mass is 10.1. The Labute approximate surface area is 111 Å². The summed E-state index contributed by atoms with van der Waals surface area (Å²) in [7, 11) is -3.27. The molecule has 1 N–H and O–H groups in total. The molecule has 2 atom stereocenters. The zero-order valence-corrected chi connectivity index (χ0v) is 11.3. The average molecular weight is 291 g/mol. The van der Waals surface area contributed by atoms with Crippen LogP contribution in [0.15, 0.2) is 0 Å². The van der Waals surface area contributed by atoms with Gasteiger partial charge in [-0.1, -0.05) is 0 Å². The Bertz CT molecular complexity index is 468. The smallest absolute Gasteiger partial charge is 0.305 e. The molecule has 0 radical (unpaired) electrons. The van der Waals surface area contributed by atoms with Crippen LogP contribution < -0.4 is 0 Å². The number of hydrogen-bond donors (Lipinski definition) is 1. The van der Waals surface area contributed by atoms with Gasteiger partial charge in [0.05, 0.1) is 24.0 Å². The molecule has 0 aliphatic carbocycles. The molecule has 2 heterocycles. The predicted molar refractivity (Wildman–Crippen MR) is 65.4 cm³/mol. The summed E-state index contributed by atoms with van der Waals surface area (Å²) in [5.41, 5.74) is 0. The molecule has 7 nitrogen and oxygen atoms in total. The number of aliphatic carboxylic acids is 1. The Morgan fingerprint density at radius 2 is 2.11 bits per heavy atom. The van der Waals surface area contributed by atoms with Crippen LogP contribution >= 0.6 is 0 Å². The molecule has 8 heteroatoms. The second-order valence-electron chi connectivity index (χ2n) is 4.90. The molecule has 2 fully saturated rings. The zero-order chi connectivity index (χ0) is 14.0. The van der Waals surface area contributed by atoms with Crippen LogP contribution in [0.5, 0.6) is 0 Å². The Balaban J connectivity index is 2.11. The zero-order valence-electron chi connectivity index (χ0n) is 10.4. The van der Waals surface area contributed by atoms with Gasteiger partial charge in [-0.3, -0.25) is 9.59 Å². The molecule has 0 spiro atoms. The number of carboxylic acids is 1. The molecular weight excluding hydrogens is 274 g/mol. The summed E-state index contributed by atoms with van der Waals surface area (Å²) in [4.78, 5) is 24.4. The third-order valence-electron chi connectivity index (χ3n) is 3.43. The van der Waals surface area contributed by atoms with Gasteiger partial charge in [0.25, 0.3) is 5.91 Å². The molecule has 2 saturated heterocycles. The van der Waals surface area contributed by atoms with E-state index in [-0.39, 0.29) is 30.4 Å². The lowest BCUT2D eigenvalue weighted by molar-refractivity contribution is -0.145. The van der Waals surface area contributed by atoms with Crippen molar-refractivity contribution in [1.82, 2.24) is 4.90 Å². The highest BCUT2D eigenvalue weighted by atomic mass is 32.2. The number of rotatable bonds is 3. The van der Waals surface area contributed by atoms with Gasteiger partial charge in [0.2, 0.25) is 0 Å². The van der Waals surface area contributed by atoms with Crippen LogP contribution in [0.25, 0.3) is 0 Å². The quantitative estimate of drug-likeness (QED) is 0.735. The number of carboxylic acid groups (broad SMARTS) is 1. The molecule has 0 bridgehead atoms. The molecule has 1 amide bonds. The van der Waals surface area contributed by atoms with Gasteiger partial charge in [-0.05, 0) is 12.8 Å². The molecule has 2 rings (SSSR count). The third kappa shape index (κ3) is 3.44. The highest BCUT2D eigenvalue weighted by Crippen LogP contribution is 2.21. The van der Waals surface area contributed by atoms with Gasteiger partial charge >= 0.3 is 5.97 Å². The van der Waals surface area contributed by atoms with Crippen LogP contribution in [-0.2, 0) is 24.2 Å². The van der Waals surface area contributed by atoms with E-state index >= 15 is 0 Å². The van der Waals surface area contributed by atoms with Gasteiger partial charge in [-0.25, -0.2) is 8.42 Å². The summed E-state index contributed by atoms with van der Waals surface area (Å²) in [5.74, 6) is -1.77. The summed E-state index contributed by atoms with van der Waals surface area (Å²) in [5, 5.41) is 8.84. The third-order valence-corrected chi connectivity index (χ3v) is 5.13. The van der Waals surface area contributed by atoms with Gasteiger partial charge in [-0.15, -0.1) is 0 Å². The van der Waals surface area contributed by atoms with Gasteiger partial charge in [0.15, 0.2) is 9.84 Å². The Morgan fingerprint density at radius 1 is 1.37 bits per heavy atom. The molecule has 1 unspecified atom stereocenters. The van der Waals surface area contributed by atoms with Crippen molar-refractivity contribution in [2.45, 2.75) is 31.4 Å². The number of carbonyl (C=O) groups excluding carboxylic acids is 1. The topological polar surface area (TPSA) is 101 Å². The number of ether oxygens (including phenoxy) is 1. The molecule has 0 saturated carbocycles. The summed E-state index contributed by atoms with van der Waals surface area (Å²) in [6.45, 7) is 0.575. The van der Waals surface area contributed by atoms with E-state index in [0.29, 0.717) is 13.0 Å². The van der Waals surface area contributed by atoms with Gasteiger partial charge in [-0.2, -0.15) is 0 Å². The summed E-state index contributed by atoms with van der Waals surface area (Å²) >= 11 is 0. The second kappa shape index (κ2) is 5.46. The fourth-order valence-electron chi connectivity index (χ4n) is 2.50. The van der Waals surface area contributed by atoms with Crippen LogP contribution in [0.4, 0.5) is 0 Å². The van der Waals surface area contributed by atoms with E-state index in [1.807, 2.05) is 0 Å². The van der Waals surface area contributed by atoms with Crippen molar-refractivity contribution in [3.63, 3.8) is 0 Å². The molecule has 0 aromatic carbocycles. The van der Waals surface area contributed by atoms with Crippen LogP contribution in [-0.4, -0.2) is 67.1 Å². The fourth-order valence-corrected chi connectivity index (χ4v) is 4.03. The van der Waals surface area contributed by atoms with Crippen molar-refractivity contribution in [2.24, 2.45) is 0 Å². The van der Waals surface area contributed by atoms with Crippen molar-refractivity contribution in [1.29, 1.82) is 0 Å². The van der Waals surface area contributed by atoms with E-state index in [1.54, 1.807) is 0 Å². The van der Waals surface area contributed by atoms with Crippen molar-refractivity contribution in [3.8, 4) is 0 Å². The van der Waals surface area contributed by atoms with Gasteiger partial charge in [0.1, 0.15) is 6.10 Å². The number of nitrogens with zero attached hydrogens (tertiary/aromatic N) is 1. The standard InChI is InChI=1S/C11H17NO6S/c13-10(14)6-8-7-19(16,17)5-3-12(8)11(15)9-2-1-4-18-9/h8-9H,1-7H2,(H,13,14)/t8?,9-/m1/s1. The largest absolute Gasteiger partial charge is 0.481 e. The van der Waals surface area contributed by atoms with E-state index in [2.05, 4.69) is 0 Å². The molecule has 2 aliphatic heterocycles. The fraction of sp³-hybridized carbons (Fsp3) is 0.818. The van der Waals surface area contributed by atoms with Crippen LogP contribution in [0.2, 0.25) is 0 Å². The van der Waals surface area contributed by atoms with Gasteiger partial charge < -0.3 is 14.7 Å². The first-order valence-electron chi connectivity index (χ1n) is 6.23. The van der Waals surface area contributed by atoms with Crippen molar-refractivity contribution in [2.75, 3.05) is 24.7 Å². The summed E-state index contributed by atoms with van der Waals surface area (Å²) < 4.78 is 28.4. The van der Waals surface area contributed by atoms with E-state index in [0.717, 1.165) is 6.42 Å². The minimum atomic E-state index is -3.27. The van der Waals surface area contributed by atoms with Crippen LogP contribution in [0, 0.1) is 0 Å². The first-order valence-corrected chi connectivity index (χ1v) is 8.05. The molecular formula is C11H17NO6S. The summed E-state index contributed by atoms with van der Waals surface area (Å²) in [6.07, 6.45) is 0.517. The predicted octanol–water partition coefficient (Wildman–Crippen LogP) is -0.734. The van der Waals surface area contributed by atoms with Crippen LogP contribution in [0.3, 0.4) is 0 Å². The van der Waals surface area contributed by atoms with Crippen molar-refractivity contribution >= 4 is 21.7 Å². The highest BCUT2D eigenvalue weighted by Gasteiger charge is 2.38. The lowest BCUT2D eigenvalue weighted by Gasteiger charge is -2.36. The Morgan fingerprint density at radius 3 is 2.68 bits per heavy atom. The molecule has 0 aromatic rings. The minimum absolute atomic E-state index is 0.0545. The maximum Gasteiger partial charge on any atom is 0.305 e. The monoisotopic (exact) mass is 291 g/mol. The van der Waals surface area contributed by atoms with E-state index in [4.69, 9.17) is 9.84 Å². The van der Waals surface area contributed by atoms with Crippen molar-refractivity contribution < 1.29 is 27.9 Å². The summed E-state index contributed by atoms with van der Waals surface area (Å²) in [6, 6.07) is -0.784. The maximum atomic E-state index is 12.2. The number of sulfone groups is 1. The van der Waals surface area contributed by atoms with E-state index < -0.39 is 28.0 Å². The number of amides is 1. The Kier molecular flexibility index (Phi) is 4.10.